The quantitative estimate of drug-likeness (QED) is 0.614. The third-order valence-corrected chi connectivity index (χ3v) is 3.86. The molecule has 21 heavy (non-hydrogen) atoms. The number of allylic oxidation sites excluding steroid dienone is 2. The summed E-state index contributed by atoms with van der Waals surface area (Å²) >= 11 is 0. The number of nitrogens with one attached hydrogen (secondary N) is 1. The van der Waals surface area contributed by atoms with Gasteiger partial charge in [0.15, 0.2) is 0 Å². The molecule has 0 fully saturated rings. The Bertz CT molecular complexity index is 482. The first-order valence-electron chi connectivity index (χ1n) is 7.86. The molecule has 1 aliphatic carbocycles. The summed E-state index contributed by atoms with van der Waals surface area (Å²) in [5, 5.41) is 3.03. The van der Waals surface area contributed by atoms with Gasteiger partial charge in [-0.1, -0.05) is 30.4 Å². The fraction of sp³-hybridized carbons (Fsp3) is 0.500. The molecule has 0 aromatic heterocycles. The van der Waals surface area contributed by atoms with E-state index in [0.717, 1.165) is 37.1 Å². The van der Waals surface area contributed by atoms with Crippen molar-refractivity contribution in [1.29, 1.82) is 0 Å². The Balaban J connectivity index is 1.57. The first-order valence-corrected chi connectivity index (χ1v) is 7.86. The van der Waals surface area contributed by atoms with Crippen LogP contribution < -0.4 is 10.1 Å². The zero-order valence-corrected chi connectivity index (χ0v) is 12.8. The third kappa shape index (κ3) is 5.62. The normalized spacial score (nSPS) is 17.5. The largest absolute Gasteiger partial charge is 0.493 e. The second-order valence-corrected chi connectivity index (χ2v) is 5.67. The molecule has 1 amide bonds. The number of aryl methyl sites for hydroxylation is 1. The minimum Gasteiger partial charge on any atom is -0.493 e. The zero-order valence-electron chi connectivity index (χ0n) is 12.8. The van der Waals surface area contributed by atoms with E-state index in [1.807, 2.05) is 31.2 Å². The van der Waals surface area contributed by atoms with E-state index in [1.165, 1.54) is 6.42 Å². The summed E-state index contributed by atoms with van der Waals surface area (Å²) in [6, 6.07) is 7.95. The van der Waals surface area contributed by atoms with E-state index in [9.17, 15) is 4.79 Å². The minimum atomic E-state index is 0.137. The van der Waals surface area contributed by atoms with Gasteiger partial charge < -0.3 is 10.1 Å². The van der Waals surface area contributed by atoms with Gasteiger partial charge in [0.2, 0.25) is 5.91 Å². The van der Waals surface area contributed by atoms with E-state index in [2.05, 4.69) is 17.5 Å². The molecule has 1 aliphatic rings. The molecule has 0 saturated heterocycles. The standard InChI is InChI=1S/C18H25NO2/c1-15-8-5-6-11-17(15)21-13-7-12-18(20)19-14-16-9-3-2-4-10-16/h2-3,5-6,8,11,16H,4,7,9-10,12-14H2,1H3,(H,19,20). The molecule has 0 spiro atoms. The van der Waals surface area contributed by atoms with E-state index in [0.29, 0.717) is 18.9 Å². The highest BCUT2D eigenvalue weighted by Gasteiger charge is 2.11. The summed E-state index contributed by atoms with van der Waals surface area (Å²) in [6.07, 6.45) is 9.16. The average molecular weight is 287 g/mol. The third-order valence-electron chi connectivity index (χ3n) is 3.86. The monoisotopic (exact) mass is 287 g/mol. The Morgan fingerprint density at radius 3 is 2.95 bits per heavy atom. The molecule has 0 heterocycles. The van der Waals surface area contributed by atoms with Gasteiger partial charge in [0, 0.05) is 13.0 Å². The second kappa shape index (κ2) is 8.50. The number of benzene rings is 1. The lowest BCUT2D eigenvalue weighted by atomic mass is 9.94. The predicted molar refractivity (Wildman–Crippen MR) is 85.4 cm³/mol. The van der Waals surface area contributed by atoms with Gasteiger partial charge in [-0.05, 0) is 50.2 Å². The van der Waals surface area contributed by atoms with Gasteiger partial charge in [-0.25, -0.2) is 0 Å². The highest BCUT2D eigenvalue weighted by Crippen LogP contribution is 2.17. The number of para-hydroxylation sites is 1. The van der Waals surface area contributed by atoms with Crippen LogP contribution in [0.15, 0.2) is 36.4 Å². The summed E-state index contributed by atoms with van der Waals surface area (Å²) in [5.74, 6) is 1.66. The second-order valence-electron chi connectivity index (χ2n) is 5.67. The van der Waals surface area contributed by atoms with E-state index in [4.69, 9.17) is 4.74 Å². The van der Waals surface area contributed by atoms with E-state index in [1.54, 1.807) is 0 Å². The molecule has 1 aromatic carbocycles. The Morgan fingerprint density at radius 2 is 2.19 bits per heavy atom. The molecule has 2 rings (SSSR count). The maximum Gasteiger partial charge on any atom is 0.220 e. The maximum atomic E-state index is 11.8. The van der Waals surface area contributed by atoms with Crippen molar-refractivity contribution < 1.29 is 9.53 Å². The Kier molecular flexibility index (Phi) is 6.32. The topological polar surface area (TPSA) is 38.3 Å². The van der Waals surface area contributed by atoms with Gasteiger partial charge in [0.05, 0.1) is 6.61 Å². The number of carbonyl (C=O) groups is 1. The van der Waals surface area contributed by atoms with E-state index in [-0.39, 0.29) is 5.91 Å². The summed E-state index contributed by atoms with van der Waals surface area (Å²) < 4.78 is 5.69. The van der Waals surface area contributed by atoms with Crippen molar-refractivity contribution in [3.05, 3.63) is 42.0 Å². The van der Waals surface area contributed by atoms with Gasteiger partial charge in [-0.15, -0.1) is 0 Å². The lowest BCUT2D eigenvalue weighted by molar-refractivity contribution is -0.121. The molecule has 3 nitrogen and oxygen atoms in total. The first-order chi connectivity index (χ1) is 10.3. The van der Waals surface area contributed by atoms with Crippen LogP contribution in [-0.4, -0.2) is 19.1 Å². The van der Waals surface area contributed by atoms with Gasteiger partial charge >= 0.3 is 0 Å². The minimum absolute atomic E-state index is 0.137. The lowest BCUT2D eigenvalue weighted by Crippen LogP contribution is -2.29. The SMILES string of the molecule is Cc1ccccc1OCCCC(=O)NCC1CC=CCC1. The first kappa shape index (κ1) is 15.6. The molecule has 114 valence electrons. The molecule has 1 unspecified atom stereocenters. The molecular weight excluding hydrogens is 262 g/mol. The maximum absolute atomic E-state index is 11.8. The summed E-state index contributed by atoms with van der Waals surface area (Å²) in [4.78, 5) is 11.8. The highest BCUT2D eigenvalue weighted by atomic mass is 16.5. The number of carbonyl (C=O) groups excluding carboxylic acids is 1. The smallest absolute Gasteiger partial charge is 0.220 e. The summed E-state index contributed by atoms with van der Waals surface area (Å²) in [5.41, 5.74) is 1.13. The molecule has 0 bridgehead atoms. The lowest BCUT2D eigenvalue weighted by Gasteiger charge is -2.18. The van der Waals surface area contributed by atoms with Crippen molar-refractivity contribution in [2.75, 3.05) is 13.2 Å². The fourth-order valence-corrected chi connectivity index (χ4v) is 2.52. The van der Waals surface area contributed by atoms with Crippen LogP contribution in [0.1, 0.15) is 37.7 Å². The number of rotatable bonds is 7. The van der Waals surface area contributed by atoms with Crippen LogP contribution >= 0.6 is 0 Å². The summed E-state index contributed by atoms with van der Waals surface area (Å²) in [7, 11) is 0. The predicted octanol–water partition coefficient (Wildman–Crippen LogP) is 3.63. The number of amides is 1. The van der Waals surface area contributed by atoms with Crippen LogP contribution in [0.25, 0.3) is 0 Å². The molecule has 0 saturated carbocycles. The van der Waals surface area contributed by atoms with Gasteiger partial charge in [0.1, 0.15) is 5.75 Å². The van der Waals surface area contributed by atoms with Crippen molar-refractivity contribution in [3.63, 3.8) is 0 Å². The van der Waals surface area contributed by atoms with E-state index < -0.39 is 0 Å². The van der Waals surface area contributed by atoms with Crippen LogP contribution in [0.2, 0.25) is 0 Å². The van der Waals surface area contributed by atoms with Crippen LogP contribution in [0, 0.1) is 12.8 Å². The molecule has 1 atom stereocenters. The highest BCUT2D eigenvalue weighted by molar-refractivity contribution is 5.75. The number of ether oxygens (including phenoxy) is 1. The number of hydrogen-bond donors (Lipinski definition) is 1. The zero-order chi connectivity index (χ0) is 14.9. The summed E-state index contributed by atoms with van der Waals surface area (Å²) in [6.45, 7) is 3.42. The van der Waals surface area contributed by atoms with Crippen LogP contribution in [0.3, 0.4) is 0 Å². The van der Waals surface area contributed by atoms with Crippen molar-refractivity contribution in [3.8, 4) is 5.75 Å². The van der Waals surface area contributed by atoms with Crippen LogP contribution in [0.4, 0.5) is 0 Å². The number of hydrogen-bond acceptors (Lipinski definition) is 2. The Labute approximate surface area is 127 Å². The molecule has 0 radical (unpaired) electrons. The van der Waals surface area contributed by atoms with Crippen molar-refractivity contribution in [1.82, 2.24) is 5.32 Å². The molecule has 1 N–H and O–H groups in total. The molecule has 1 aromatic rings. The van der Waals surface area contributed by atoms with Gasteiger partial charge in [0.25, 0.3) is 0 Å². The fourth-order valence-electron chi connectivity index (χ4n) is 2.52. The van der Waals surface area contributed by atoms with Crippen molar-refractivity contribution >= 4 is 5.91 Å². The van der Waals surface area contributed by atoms with Crippen molar-refractivity contribution in [2.45, 2.75) is 39.0 Å². The Morgan fingerprint density at radius 1 is 1.33 bits per heavy atom. The van der Waals surface area contributed by atoms with Gasteiger partial charge in [-0.2, -0.15) is 0 Å². The molecule has 0 aliphatic heterocycles. The Hall–Kier alpha value is -1.77. The van der Waals surface area contributed by atoms with E-state index >= 15 is 0 Å². The van der Waals surface area contributed by atoms with Crippen molar-refractivity contribution in [2.24, 2.45) is 5.92 Å². The van der Waals surface area contributed by atoms with Crippen LogP contribution in [0.5, 0.6) is 5.75 Å². The molecular formula is C18H25NO2. The van der Waals surface area contributed by atoms with Crippen LogP contribution in [-0.2, 0) is 4.79 Å². The van der Waals surface area contributed by atoms with Gasteiger partial charge in [-0.3, -0.25) is 4.79 Å². The molecule has 3 heteroatoms. The average Bonchev–Trinajstić information content (AvgIpc) is 2.52.